The van der Waals surface area contributed by atoms with Crippen LogP contribution in [0.3, 0.4) is 0 Å². The molecule has 1 aliphatic carbocycles. The largest absolute Gasteiger partial charge is 0.468 e. The summed E-state index contributed by atoms with van der Waals surface area (Å²) in [6.07, 6.45) is 8.44. The van der Waals surface area contributed by atoms with Gasteiger partial charge in [0.2, 0.25) is 0 Å². The van der Waals surface area contributed by atoms with Crippen LogP contribution >= 0.6 is 0 Å². The van der Waals surface area contributed by atoms with Crippen LogP contribution in [-0.2, 0) is 9.53 Å². The second kappa shape index (κ2) is 6.71. The smallest absolute Gasteiger partial charge is 0.326 e. The van der Waals surface area contributed by atoms with Gasteiger partial charge in [-0.05, 0) is 31.7 Å². The molecule has 2 unspecified atom stereocenters. The molecule has 0 aromatic rings. The minimum atomic E-state index is -0.477. The molecule has 0 bridgehead atoms. The van der Waals surface area contributed by atoms with E-state index >= 15 is 0 Å². The maximum absolute atomic E-state index is 12.3. The van der Waals surface area contributed by atoms with Crippen LogP contribution in [0.5, 0.6) is 0 Å². The predicted octanol–water partition coefficient (Wildman–Crippen LogP) is 1.84. The van der Waals surface area contributed by atoms with Crippen LogP contribution < -0.4 is 10.6 Å². The molecule has 0 aromatic heterocycles. The van der Waals surface area contributed by atoms with Gasteiger partial charge < -0.3 is 10.1 Å². The average molecular weight is 268 g/mol. The molecule has 1 saturated heterocycles. The van der Waals surface area contributed by atoms with Crippen molar-refractivity contribution in [3.63, 3.8) is 0 Å². The van der Waals surface area contributed by atoms with Gasteiger partial charge >= 0.3 is 5.97 Å². The lowest BCUT2D eigenvalue weighted by molar-refractivity contribution is -0.153. The van der Waals surface area contributed by atoms with Crippen molar-refractivity contribution >= 4 is 5.97 Å². The van der Waals surface area contributed by atoms with Gasteiger partial charge in [-0.15, -0.1) is 0 Å². The van der Waals surface area contributed by atoms with Gasteiger partial charge in [-0.1, -0.05) is 32.6 Å². The lowest BCUT2D eigenvalue weighted by Gasteiger charge is -2.43. The zero-order valence-electron chi connectivity index (χ0n) is 12.3. The molecule has 0 spiro atoms. The Bertz CT molecular complexity index is 301. The molecule has 2 aliphatic rings. The molecular formula is C15H28N2O2. The third-order valence-corrected chi connectivity index (χ3v) is 4.85. The number of carbonyl (C=O) groups is 1. The molecule has 4 nitrogen and oxygen atoms in total. The van der Waals surface area contributed by atoms with Crippen molar-refractivity contribution in [3.8, 4) is 0 Å². The quantitative estimate of drug-likeness (QED) is 0.606. The molecule has 19 heavy (non-hydrogen) atoms. The van der Waals surface area contributed by atoms with E-state index in [0.717, 1.165) is 19.5 Å². The second-order valence-corrected chi connectivity index (χ2v) is 6.15. The van der Waals surface area contributed by atoms with Gasteiger partial charge in [-0.25, -0.2) is 0 Å². The molecule has 2 N–H and O–H groups in total. The second-order valence-electron chi connectivity index (χ2n) is 6.15. The maximum Gasteiger partial charge on any atom is 0.326 e. The number of nitrogens with one attached hydrogen (secondary N) is 2. The van der Waals surface area contributed by atoms with Crippen LogP contribution in [0.15, 0.2) is 0 Å². The van der Waals surface area contributed by atoms with E-state index in [0.29, 0.717) is 6.04 Å². The Morgan fingerprint density at radius 3 is 2.53 bits per heavy atom. The number of ether oxygens (including phenoxy) is 1. The van der Waals surface area contributed by atoms with Gasteiger partial charge in [0.15, 0.2) is 0 Å². The van der Waals surface area contributed by atoms with Crippen molar-refractivity contribution in [2.75, 3.05) is 20.2 Å². The Balaban J connectivity index is 2.10. The first-order valence-electron chi connectivity index (χ1n) is 7.76. The molecule has 2 fully saturated rings. The molecule has 1 aliphatic heterocycles. The van der Waals surface area contributed by atoms with Crippen LogP contribution in [0, 0.1) is 5.92 Å². The average Bonchev–Trinajstić information content (AvgIpc) is 2.69. The van der Waals surface area contributed by atoms with E-state index in [4.69, 9.17) is 4.74 Å². The van der Waals surface area contributed by atoms with E-state index in [1.54, 1.807) is 0 Å². The van der Waals surface area contributed by atoms with E-state index in [9.17, 15) is 4.79 Å². The molecular weight excluding hydrogens is 240 g/mol. The highest BCUT2D eigenvalue weighted by Gasteiger charge is 2.47. The minimum absolute atomic E-state index is 0.0780. The lowest BCUT2D eigenvalue weighted by atomic mass is 9.78. The van der Waals surface area contributed by atoms with Crippen LogP contribution in [0.4, 0.5) is 0 Å². The van der Waals surface area contributed by atoms with E-state index in [1.165, 1.54) is 45.6 Å². The van der Waals surface area contributed by atoms with Crippen molar-refractivity contribution in [1.82, 2.24) is 10.6 Å². The van der Waals surface area contributed by atoms with Gasteiger partial charge in [0, 0.05) is 12.6 Å². The van der Waals surface area contributed by atoms with E-state index in [1.807, 2.05) is 0 Å². The normalized spacial score (nSPS) is 33.7. The Kier molecular flexibility index (Phi) is 5.22. The molecule has 2 rings (SSSR count). The number of hydrogen-bond acceptors (Lipinski definition) is 4. The number of methoxy groups -OCH3 is 1. The maximum atomic E-state index is 12.3. The molecule has 0 radical (unpaired) electrons. The van der Waals surface area contributed by atoms with Crippen LogP contribution in [0.2, 0.25) is 0 Å². The van der Waals surface area contributed by atoms with Crippen molar-refractivity contribution in [1.29, 1.82) is 0 Å². The number of carbonyl (C=O) groups excluding carboxylic acids is 1. The summed E-state index contributed by atoms with van der Waals surface area (Å²) in [5, 5.41) is 7.07. The summed E-state index contributed by atoms with van der Waals surface area (Å²) in [5.74, 6) is 0.197. The predicted molar refractivity (Wildman–Crippen MR) is 76.0 cm³/mol. The lowest BCUT2D eigenvalue weighted by Crippen LogP contribution is -2.65. The van der Waals surface area contributed by atoms with Gasteiger partial charge in [0.25, 0.3) is 0 Å². The number of rotatable bonds is 3. The molecule has 4 heteroatoms. The third kappa shape index (κ3) is 3.29. The summed E-state index contributed by atoms with van der Waals surface area (Å²) in [6.45, 7) is 3.92. The van der Waals surface area contributed by atoms with Gasteiger partial charge in [-0.3, -0.25) is 10.1 Å². The standard InChI is InChI=1S/C15H28N2O2/c1-12-11-16-10-9-15(12,14(18)19-2)17-13-7-5-3-4-6-8-13/h12-13,16-17H,3-11H2,1-2H3. The number of esters is 1. The van der Waals surface area contributed by atoms with E-state index < -0.39 is 5.54 Å². The van der Waals surface area contributed by atoms with Crippen LogP contribution in [0.25, 0.3) is 0 Å². The van der Waals surface area contributed by atoms with Gasteiger partial charge in [0.05, 0.1) is 7.11 Å². The Morgan fingerprint density at radius 1 is 1.26 bits per heavy atom. The van der Waals surface area contributed by atoms with Crippen molar-refractivity contribution in [2.24, 2.45) is 5.92 Å². The first-order chi connectivity index (χ1) is 9.19. The first kappa shape index (κ1) is 14.8. The SMILES string of the molecule is COC(=O)C1(NC2CCCCCC2)CCNCC1C. The molecule has 0 aromatic carbocycles. The Labute approximate surface area is 116 Å². The minimum Gasteiger partial charge on any atom is -0.468 e. The monoisotopic (exact) mass is 268 g/mol. The fraction of sp³-hybridized carbons (Fsp3) is 0.933. The molecule has 1 saturated carbocycles. The van der Waals surface area contributed by atoms with E-state index in [-0.39, 0.29) is 11.9 Å². The Morgan fingerprint density at radius 2 is 1.95 bits per heavy atom. The zero-order chi connectivity index (χ0) is 13.7. The number of piperidine rings is 1. The zero-order valence-corrected chi connectivity index (χ0v) is 12.3. The highest BCUT2D eigenvalue weighted by molar-refractivity contribution is 5.81. The van der Waals surface area contributed by atoms with Crippen molar-refractivity contribution in [3.05, 3.63) is 0 Å². The fourth-order valence-electron chi connectivity index (χ4n) is 3.57. The third-order valence-electron chi connectivity index (χ3n) is 4.85. The highest BCUT2D eigenvalue weighted by atomic mass is 16.5. The summed E-state index contributed by atoms with van der Waals surface area (Å²) < 4.78 is 5.11. The molecule has 110 valence electrons. The first-order valence-corrected chi connectivity index (χ1v) is 7.76. The summed E-state index contributed by atoms with van der Waals surface area (Å²) in [6, 6.07) is 0.474. The highest BCUT2D eigenvalue weighted by Crippen LogP contribution is 2.29. The van der Waals surface area contributed by atoms with Gasteiger partial charge in [-0.2, -0.15) is 0 Å². The summed E-state index contributed by atoms with van der Waals surface area (Å²) in [7, 11) is 1.51. The summed E-state index contributed by atoms with van der Waals surface area (Å²) in [5.41, 5.74) is -0.477. The summed E-state index contributed by atoms with van der Waals surface area (Å²) in [4.78, 5) is 12.3. The molecule has 1 heterocycles. The van der Waals surface area contributed by atoms with Crippen LogP contribution in [0.1, 0.15) is 51.9 Å². The number of hydrogen-bond donors (Lipinski definition) is 2. The molecule has 2 atom stereocenters. The van der Waals surface area contributed by atoms with Crippen molar-refractivity contribution < 1.29 is 9.53 Å². The Hall–Kier alpha value is -0.610. The van der Waals surface area contributed by atoms with Crippen LogP contribution in [-0.4, -0.2) is 37.7 Å². The topological polar surface area (TPSA) is 50.4 Å². The molecule has 0 amide bonds. The van der Waals surface area contributed by atoms with Gasteiger partial charge in [0.1, 0.15) is 5.54 Å². The summed E-state index contributed by atoms with van der Waals surface area (Å²) >= 11 is 0. The van der Waals surface area contributed by atoms with Crippen molar-refractivity contribution in [2.45, 2.75) is 63.5 Å². The fourth-order valence-corrected chi connectivity index (χ4v) is 3.57. The van der Waals surface area contributed by atoms with E-state index in [2.05, 4.69) is 17.6 Å².